The Bertz CT molecular complexity index is 1010. The second-order valence-corrected chi connectivity index (χ2v) is 8.96. The smallest absolute Gasteiger partial charge is 0.240 e. The minimum absolute atomic E-state index is 0.103. The lowest BCUT2D eigenvalue weighted by Gasteiger charge is -2.17. The number of rotatable bonds is 9. The van der Waals surface area contributed by atoms with Gasteiger partial charge in [0, 0.05) is 31.0 Å². The van der Waals surface area contributed by atoms with Gasteiger partial charge in [-0.3, -0.25) is 4.79 Å². The highest BCUT2D eigenvalue weighted by Crippen LogP contribution is 2.31. The fourth-order valence-corrected chi connectivity index (χ4v) is 4.35. The van der Waals surface area contributed by atoms with E-state index in [0.29, 0.717) is 36.9 Å². The van der Waals surface area contributed by atoms with Crippen LogP contribution in [0.3, 0.4) is 0 Å². The lowest BCUT2D eigenvalue weighted by Crippen LogP contribution is -2.29. The normalized spacial score (nSPS) is 14.4. The standard InChI is InChI=1S/C22H28N2O6S/c1-16(18-7-3-4-8-19(18)28-2)24-22(25)9-5-12-23-31(26,27)17-10-11-20-21(15-17)30-14-6-13-29-20/h3-4,7-8,10-11,15-16,23H,5-6,9,12-14H2,1-2H3,(H,24,25)/t16-/m0/s1. The molecule has 0 saturated carbocycles. The molecule has 1 aliphatic rings. The van der Waals surface area contributed by atoms with Crippen molar-refractivity contribution in [1.29, 1.82) is 0 Å². The van der Waals surface area contributed by atoms with Crippen molar-refractivity contribution in [3.63, 3.8) is 0 Å². The molecule has 0 unspecified atom stereocenters. The first kappa shape index (κ1) is 22.9. The van der Waals surface area contributed by atoms with E-state index in [4.69, 9.17) is 14.2 Å². The lowest BCUT2D eigenvalue weighted by molar-refractivity contribution is -0.121. The van der Waals surface area contributed by atoms with Crippen molar-refractivity contribution >= 4 is 15.9 Å². The maximum atomic E-state index is 12.6. The summed E-state index contributed by atoms with van der Waals surface area (Å²) in [6, 6.07) is 11.8. The van der Waals surface area contributed by atoms with Crippen molar-refractivity contribution in [3.05, 3.63) is 48.0 Å². The van der Waals surface area contributed by atoms with Crippen LogP contribution >= 0.6 is 0 Å². The molecule has 1 atom stereocenters. The van der Waals surface area contributed by atoms with E-state index in [-0.39, 0.29) is 29.8 Å². The van der Waals surface area contributed by atoms with Crippen LogP contribution < -0.4 is 24.2 Å². The minimum Gasteiger partial charge on any atom is -0.496 e. The number of carbonyl (C=O) groups excluding carboxylic acids is 1. The van der Waals surface area contributed by atoms with E-state index in [1.165, 1.54) is 12.1 Å². The molecule has 0 bridgehead atoms. The molecule has 0 saturated heterocycles. The molecule has 1 heterocycles. The average molecular weight is 449 g/mol. The summed E-state index contributed by atoms with van der Waals surface area (Å²) in [5, 5.41) is 2.91. The molecule has 9 heteroatoms. The first-order chi connectivity index (χ1) is 14.9. The summed E-state index contributed by atoms with van der Waals surface area (Å²) < 4.78 is 44.1. The van der Waals surface area contributed by atoms with E-state index in [1.807, 2.05) is 31.2 Å². The van der Waals surface area contributed by atoms with Crippen LogP contribution in [0.25, 0.3) is 0 Å². The van der Waals surface area contributed by atoms with Crippen LogP contribution in [-0.2, 0) is 14.8 Å². The summed E-state index contributed by atoms with van der Waals surface area (Å²) in [6.07, 6.45) is 1.31. The highest BCUT2D eigenvalue weighted by molar-refractivity contribution is 7.89. The number of fused-ring (bicyclic) bond motifs is 1. The second-order valence-electron chi connectivity index (χ2n) is 7.19. The molecular formula is C22H28N2O6S. The molecule has 2 aromatic rings. The van der Waals surface area contributed by atoms with Crippen molar-refractivity contribution in [2.24, 2.45) is 0 Å². The van der Waals surface area contributed by atoms with Crippen molar-refractivity contribution < 1.29 is 27.4 Å². The number of benzene rings is 2. The highest BCUT2D eigenvalue weighted by Gasteiger charge is 2.19. The Morgan fingerprint density at radius 3 is 2.65 bits per heavy atom. The Hall–Kier alpha value is -2.78. The van der Waals surface area contributed by atoms with E-state index in [1.54, 1.807) is 13.2 Å². The average Bonchev–Trinajstić information content (AvgIpc) is 3.01. The van der Waals surface area contributed by atoms with Gasteiger partial charge in [-0.1, -0.05) is 18.2 Å². The number of ether oxygens (including phenoxy) is 3. The predicted molar refractivity (Wildman–Crippen MR) is 116 cm³/mol. The molecule has 0 fully saturated rings. The van der Waals surface area contributed by atoms with E-state index >= 15 is 0 Å². The van der Waals surface area contributed by atoms with Crippen LogP contribution in [-0.4, -0.2) is 41.2 Å². The second kappa shape index (κ2) is 10.5. The maximum Gasteiger partial charge on any atom is 0.240 e. The number of nitrogens with one attached hydrogen (secondary N) is 2. The van der Waals surface area contributed by atoms with Crippen molar-refractivity contribution in [1.82, 2.24) is 10.0 Å². The Kier molecular flexibility index (Phi) is 7.75. The zero-order valence-electron chi connectivity index (χ0n) is 17.7. The van der Waals surface area contributed by atoms with Gasteiger partial charge in [-0.25, -0.2) is 13.1 Å². The van der Waals surface area contributed by atoms with Gasteiger partial charge in [-0.2, -0.15) is 0 Å². The third kappa shape index (κ3) is 6.11. The van der Waals surface area contributed by atoms with Gasteiger partial charge in [-0.05, 0) is 31.5 Å². The fourth-order valence-electron chi connectivity index (χ4n) is 3.27. The summed E-state index contributed by atoms with van der Waals surface area (Å²) >= 11 is 0. The molecule has 2 N–H and O–H groups in total. The predicted octanol–water partition coefficient (Wildman–Crippen LogP) is 2.79. The molecule has 1 amide bonds. The molecule has 168 valence electrons. The Balaban J connectivity index is 1.48. The number of amides is 1. The monoisotopic (exact) mass is 448 g/mol. The summed E-state index contributed by atoms with van der Waals surface area (Å²) in [5.41, 5.74) is 0.883. The number of sulfonamides is 1. The summed E-state index contributed by atoms with van der Waals surface area (Å²) in [5.74, 6) is 1.51. The number of hydrogen-bond acceptors (Lipinski definition) is 6. The molecule has 31 heavy (non-hydrogen) atoms. The first-order valence-corrected chi connectivity index (χ1v) is 11.7. The highest BCUT2D eigenvalue weighted by atomic mass is 32.2. The largest absolute Gasteiger partial charge is 0.496 e. The molecular weight excluding hydrogens is 420 g/mol. The van der Waals surface area contributed by atoms with E-state index in [9.17, 15) is 13.2 Å². The van der Waals surface area contributed by atoms with Gasteiger partial charge in [0.1, 0.15) is 5.75 Å². The summed E-state index contributed by atoms with van der Waals surface area (Å²) in [6.45, 7) is 3.04. The fraction of sp³-hybridized carbons (Fsp3) is 0.409. The van der Waals surface area contributed by atoms with Crippen LogP contribution in [0.1, 0.15) is 37.8 Å². The van der Waals surface area contributed by atoms with E-state index in [0.717, 1.165) is 12.0 Å². The van der Waals surface area contributed by atoms with Gasteiger partial charge in [0.25, 0.3) is 0 Å². The molecule has 0 aliphatic carbocycles. The molecule has 1 aliphatic heterocycles. The third-order valence-electron chi connectivity index (χ3n) is 4.88. The summed E-state index contributed by atoms with van der Waals surface area (Å²) in [4.78, 5) is 12.4. The molecule has 0 spiro atoms. The zero-order valence-corrected chi connectivity index (χ0v) is 18.5. The number of methoxy groups -OCH3 is 1. The molecule has 2 aromatic carbocycles. The molecule has 3 rings (SSSR count). The topological polar surface area (TPSA) is 103 Å². The van der Waals surface area contributed by atoms with Crippen LogP contribution in [0.15, 0.2) is 47.4 Å². The van der Waals surface area contributed by atoms with Gasteiger partial charge in [0.05, 0.1) is 31.3 Å². The third-order valence-corrected chi connectivity index (χ3v) is 6.34. The molecule has 8 nitrogen and oxygen atoms in total. The maximum absolute atomic E-state index is 12.6. The zero-order chi connectivity index (χ0) is 22.3. The first-order valence-electron chi connectivity index (χ1n) is 10.2. The lowest BCUT2D eigenvalue weighted by atomic mass is 10.1. The van der Waals surface area contributed by atoms with E-state index < -0.39 is 10.0 Å². The number of para-hydroxylation sites is 1. The van der Waals surface area contributed by atoms with Crippen LogP contribution in [0.5, 0.6) is 17.2 Å². The van der Waals surface area contributed by atoms with Crippen molar-refractivity contribution in [3.8, 4) is 17.2 Å². The van der Waals surface area contributed by atoms with Gasteiger partial charge < -0.3 is 19.5 Å². The van der Waals surface area contributed by atoms with E-state index in [2.05, 4.69) is 10.0 Å². The van der Waals surface area contributed by atoms with Crippen LogP contribution in [0, 0.1) is 0 Å². The van der Waals surface area contributed by atoms with Gasteiger partial charge in [0.2, 0.25) is 15.9 Å². The van der Waals surface area contributed by atoms with Crippen LogP contribution in [0.2, 0.25) is 0 Å². The number of hydrogen-bond donors (Lipinski definition) is 2. The van der Waals surface area contributed by atoms with Crippen LogP contribution in [0.4, 0.5) is 0 Å². The molecule has 0 aromatic heterocycles. The number of carbonyl (C=O) groups is 1. The quantitative estimate of drug-likeness (QED) is 0.572. The van der Waals surface area contributed by atoms with Crippen molar-refractivity contribution in [2.75, 3.05) is 26.9 Å². The van der Waals surface area contributed by atoms with Gasteiger partial charge >= 0.3 is 0 Å². The molecule has 0 radical (unpaired) electrons. The van der Waals surface area contributed by atoms with Gasteiger partial charge in [-0.15, -0.1) is 0 Å². The minimum atomic E-state index is -3.71. The van der Waals surface area contributed by atoms with Gasteiger partial charge in [0.15, 0.2) is 11.5 Å². The SMILES string of the molecule is COc1ccccc1[C@H](C)NC(=O)CCCNS(=O)(=O)c1ccc2c(c1)OCCCO2. The Morgan fingerprint density at radius 2 is 1.87 bits per heavy atom. The summed E-state index contributed by atoms with van der Waals surface area (Å²) in [7, 11) is -2.13. The van der Waals surface area contributed by atoms with Crippen molar-refractivity contribution in [2.45, 2.75) is 37.1 Å². The Labute approximate surface area is 182 Å². The Morgan fingerprint density at radius 1 is 1.13 bits per heavy atom.